The second-order valence-corrected chi connectivity index (χ2v) is 4.82. The van der Waals surface area contributed by atoms with Crippen LogP contribution in [0.25, 0.3) is 15.5 Å². The molecule has 3 aromatic rings. The van der Waals surface area contributed by atoms with Gasteiger partial charge in [0, 0.05) is 11.3 Å². The van der Waals surface area contributed by atoms with Crippen molar-refractivity contribution >= 4 is 22.0 Å². The molecule has 0 saturated heterocycles. The molecule has 86 valence electrons. The average molecular weight is 245 g/mol. The Morgan fingerprint density at radius 1 is 1.24 bits per heavy atom. The van der Waals surface area contributed by atoms with Crippen LogP contribution in [0.15, 0.2) is 18.2 Å². The van der Waals surface area contributed by atoms with Crippen molar-refractivity contribution in [2.24, 2.45) is 0 Å². The van der Waals surface area contributed by atoms with E-state index in [0.717, 1.165) is 32.6 Å². The third-order valence-corrected chi connectivity index (χ3v) is 3.68. The Labute approximate surface area is 102 Å². The molecule has 0 spiro atoms. The summed E-state index contributed by atoms with van der Waals surface area (Å²) >= 11 is 1.52. The van der Waals surface area contributed by atoms with Gasteiger partial charge in [-0.2, -0.15) is 9.61 Å². The number of nitrogens with zero attached hydrogens (tertiary/aromatic N) is 4. The zero-order valence-corrected chi connectivity index (χ0v) is 10.3. The van der Waals surface area contributed by atoms with Crippen LogP contribution in [0.2, 0.25) is 0 Å². The van der Waals surface area contributed by atoms with Gasteiger partial charge in [0.25, 0.3) is 0 Å². The van der Waals surface area contributed by atoms with E-state index in [0.29, 0.717) is 0 Å². The highest BCUT2D eigenvalue weighted by Gasteiger charge is 2.12. The lowest BCUT2D eigenvalue weighted by Gasteiger charge is -2.04. The number of nitrogens with two attached hydrogens (primary N) is 1. The lowest BCUT2D eigenvalue weighted by molar-refractivity contribution is 0.897. The largest absolute Gasteiger partial charge is 0.398 e. The number of benzene rings is 1. The van der Waals surface area contributed by atoms with Gasteiger partial charge in [-0.1, -0.05) is 23.5 Å². The number of hydrogen-bond acceptors (Lipinski definition) is 5. The van der Waals surface area contributed by atoms with E-state index >= 15 is 0 Å². The van der Waals surface area contributed by atoms with Crippen molar-refractivity contribution < 1.29 is 0 Å². The minimum absolute atomic E-state index is 0.783. The van der Waals surface area contributed by atoms with Crippen LogP contribution < -0.4 is 5.73 Å². The van der Waals surface area contributed by atoms with Crippen LogP contribution in [0.5, 0.6) is 0 Å². The predicted molar refractivity (Wildman–Crippen MR) is 68.0 cm³/mol. The molecule has 0 aliphatic rings. The number of aryl methyl sites for hydroxylation is 1. The highest BCUT2D eigenvalue weighted by Crippen LogP contribution is 2.30. The van der Waals surface area contributed by atoms with Crippen molar-refractivity contribution in [1.82, 2.24) is 19.8 Å². The second-order valence-electron chi connectivity index (χ2n) is 3.87. The molecule has 0 amide bonds. The minimum atomic E-state index is 0.783. The maximum Gasteiger partial charge on any atom is 0.234 e. The van der Waals surface area contributed by atoms with Crippen molar-refractivity contribution in [3.8, 4) is 10.6 Å². The summed E-state index contributed by atoms with van der Waals surface area (Å²) < 4.78 is 1.75. The van der Waals surface area contributed by atoms with Crippen molar-refractivity contribution in [2.75, 3.05) is 5.73 Å². The molecule has 1 aromatic carbocycles. The summed E-state index contributed by atoms with van der Waals surface area (Å²) in [4.78, 5) is 0.805. The van der Waals surface area contributed by atoms with Gasteiger partial charge in [-0.25, -0.2) is 0 Å². The van der Waals surface area contributed by atoms with E-state index in [2.05, 4.69) is 15.3 Å². The molecule has 2 N–H and O–H groups in total. The smallest absolute Gasteiger partial charge is 0.234 e. The standard InChI is InChI=1S/C11H11N5S/c1-6-8(4-3-5-9(6)12)10-15-16-7(2)13-14-11(16)17-10/h3-5H,12H2,1-2H3. The van der Waals surface area contributed by atoms with Crippen molar-refractivity contribution in [2.45, 2.75) is 13.8 Å². The Hall–Kier alpha value is -1.95. The topological polar surface area (TPSA) is 69.1 Å². The molecule has 0 bridgehead atoms. The summed E-state index contributed by atoms with van der Waals surface area (Å²) in [6, 6.07) is 5.85. The number of fused-ring (bicyclic) bond motifs is 1. The first-order valence-corrected chi connectivity index (χ1v) is 6.03. The van der Waals surface area contributed by atoms with Gasteiger partial charge in [-0.05, 0) is 25.5 Å². The van der Waals surface area contributed by atoms with Gasteiger partial charge in [0.05, 0.1) is 0 Å². The summed E-state index contributed by atoms with van der Waals surface area (Å²) in [6.07, 6.45) is 0. The van der Waals surface area contributed by atoms with Crippen LogP contribution in [0.3, 0.4) is 0 Å². The van der Waals surface area contributed by atoms with Crippen molar-refractivity contribution in [3.63, 3.8) is 0 Å². The van der Waals surface area contributed by atoms with Gasteiger partial charge in [0.15, 0.2) is 5.82 Å². The lowest BCUT2D eigenvalue weighted by atomic mass is 10.1. The molecule has 0 radical (unpaired) electrons. The fourth-order valence-electron chi connectivity index (χ4n) is 1.71. The van der Waals surface area contributed by atoms with Crippen molar-refractivity contribution in [1.29, 1.82) is 0 Å². The van der Waals surface area contributed by atoms with E-state index in [1.807, 2.05) is 32.0 Å². The Kier molecular flexibility index (Phi) is 2.12. The molecule has 0 atom stereocenters. The maximum atomic E-state index is 5.90. The Balaban J connectivity index is 2.23. The summed E-state index contributed by atoms with van der Waals surface area (Å²) in [5.74, 6) is 0.795. The van der Waals surface area contributed by atoms with Gasteiger partial charge in [0.2, 0.25) is 4.96 Å². The first-order chi connectivity index (χ1) is 8.16. The SMILES string of the molecule is Cc1c(N)cccc1-c1nn2c(C)nnc2s1. The Morgan fingerprint density at radius 3 is 2.82 bits per heavy atom. The first-order valence-electron chi connectivity index (χ1n) is 5.21. The molecular formula is C11H11N5S. The van der Waals surface area contributed by atoms with Crippen LogP contribution in [0.1, 0.15) is 11.4 Å². The summed E-state index contributed by atoms with van der Waals surface area (Å²) in [7, 11) is 0. The quantitative estimate of drug-likeness (QED) is 0.666. The monoisotopic (exact) mass is 245 g/mol. The molecule has 0 aliphatic heterocycles. The maximum absolute atomic E-state index is 5.90. The van der Waals surface area contributed by atoms with Gasteiger partial charge in [0.1, 0.15) is 5.01 Å². The summed E-state index contributed by atoms with van der Waals surface area (Å²) in [5.41, 5.74) is 8.79. The fraction of sp³-hybridized carbons (Fsp3) is 0.182. The summed E-state index contributed by atoms with van der Waals surface area (Å²) in [6.45, 7) is 3.88. The molecule has 2 aromatic heterocycles. The average Bonchev–Trinajstić information content (AvgIpc) is 2.85. The number of nitrogen functional groups attached to an aromatic ring is 1. The first kappa shape index (κ1) is 10.2. The number of hydrogen-bond donors (Lipinski definition) is 1. The van der Waals surface area contributed by atoms with Gasteiger partial charge < -0.3 is 5.73 Å². The summed E-state index contributed by atoms with van der Waals surface area (Å²) in [5, 5.41) is 13.4. The van der Waals surface area contributed by atoms with Crippen molar-refractivity contribution in [3.05, 3.63) is 29.6 Å². The normalized spacial score (nSPS) is 11.2. The second kappa shape index (κ2) is 3.53. The lowest BCUT2D eigenvalue weighted by Crippen LogP contribution is -1.93. The fourth-order valence-corrected chi connectivity index (χ4v) is 2.68. The van der Waals surface area contributed by atoms with Crippen LogP contribution >= 0.6 is 11.3 Å². The molecule has 0 saturated carbocycles. The third kappa shape index (κ3) is 1.49. The molecule has 2 heterocycles. The zero-order chi connectivity index (χ0) is 12.0. The Bertz CT molecular complexity index is 697. The van der Waals surface area contributed by atoms with E-state index in [4.69, 9.17) is 5.73 Å². The van der Waals surface area contributed by atoms with Crippen LogP contribution in [0, 0.1) is 13.8 Å². The van der Waals surface area contributed by atoms with E-state index in [1.165, 1.54) is 11.3 Å². The molecule has 6 heteroatoms. The molecule has 17 heavy (non-hydrogen) atoms. The van der Waals surface area contributed by atoms with Gasteiger partial charge in [-0.3, -0.25) is 0 Å². The van der Waals surface area contributed by atoms with Crippen LogP contribution in [-0.2, 0) is 0 Å². The number of rotatable bonds is 1. The zero-order valence-electron chi connectivity index (χ0n) is 9.51. The third-order valence-electron chi connectivity index (χ3n) is 2.75. The molecule has 5 nitrogen and oxygen atoms in total. The predicted octanol–water partition coefficient (Wildman–Crippen LogP) is 2.05. The number of aromatic nitrogens is 4. The van der Waals surface area contributed by atoms with Gasteiger partial charge in [-0.15, -0.1) is 10.2 Å². The van der Waals surface area contributed by atoms with E-state index in [1.54, 1.807) is 4.52 Å². The van der Waals surface area contributed by atoms with E-state index in [9.17, 15) is 0 Å². The highest BCUT2D eigenvalue weighted by atomic mass is 32.1. The van der Waals surface area contributed by atoms with Crippen LogP contribution in [0.4, 0.5) is 5.69 Å². The Morgan fingerprint density at radius 2 is 2.06 bits per heavy atom. The van der Waals surface area contributed by atoms with Gasteiger partial charge >= 0.3 is 0 Å². The molecule has 3 rings (SSSR count). The van der Waals surface area contributed by atoms with Crippen LogP contribution in [-0.4, -0.2) is 19.8 Å². The molecular weight excluding hydrogens is 234 g/mol. The van der Waals surface area contributed by atoms with E-state index in [-0.39, 0.29) is 0 Å². The number of anilines is 1. The minimum Gasteiger partial charge on any atom is -0.398 e. The van der Waals surface area contributed by atoms with E-state index < -0.39 is 0 Å². The molecule has 0 unspecified atom stereocenters. The highest BCUT2D eigenvalue weighted by molar-refractivity contribution is 7.19. The molecule has 0 fully saturated rings. The molecule has 0 aliphatic carbocycles.